The highest BCUT2D eigenvalue weighted by atomic mass is 32.1. The van der Waals surface area contributed by atoms with E-state index in [0.717, 1.165) is 28.6 Å². The summed E-state index contributed by atoms with van der Waals surface area (Å²) in [4.78, 5) is 28.6. The molecule has 1 aromatic carbocycles. The number of unbranched alkanes of at least 4 members (excludes halogenated alkanes) is 1. The van der Waals surface area contributed by atoms with Crippen molar-refractivity contribution in [3.63, 3.8) is 0 Å². The summed E-state index contributed by atoms with van der Waals surface area (Å²) in [5.41, 5.74) is 7.70. The molecule has 1 atom stereocenters. The fourth-order valence-electron chi connectivity index (χ4n) is 2.50. The molecule has 7 nitrogen and oxygen atoms in total. The predicted molar refractivity (Wildman–Crippen MR) is 110 cm³/mol. The fourth-order valence-corrected chi connectivity index (χ4v) is 3.47. The molecule has 1 heterocycles. The van der Waals surface area contributed by atoms with E-state index in [1.165, 1.54) is 11.3 Å². The van der Waals surface area contributed by atoms with E-state index in [1.807, 2.05) is 19.1 Å². The maximum absolute atomic E-state index is 12.2. The maximum atomic E-state index is 12.2. The Bertz CT molecular complexity index is 826. The van der Waals surface area contributed by atoms with E-state index in [4.69, 9.17) is 10.5 Å². The third-order valence-corrected chi connectivity index (χ3v) is 4.68. The van der Waals surface area contributed by atoms with Crippen LogP contribution in [0.5, 0.6) is 0 Å². The van der Waals surface area contributed by atoms with Crippen molar-refractivity contribution in [3.8, 4) is 0 Å². The number of thiazole rings is 1. The Morgan fingerprint density at radius 3 is 2.63 bits per heavy atom. The lowest BCUT2D eigenvalue weighted by molar-refractivity contribution is -0.117. The first-order valence-corrected chi connectivity index (χ1v) is 9.88. The molecule has 0 fully saturated rings. The predicted octanol–water partition coefficient (Wildman–Crippen LogP) is 4.41. The minimum Gasteiger partial charge on any atom is -0.444 e. The van der Waals surface area contributed by atoms with Gasteiger partial charge in [-0.15, -0.1) is 0 Å². The molecule has 0 saturated carbocycles. The second-order valence-electron chi connectivity index (χ2n) is 7.52. The van der Waals surface area contributed by atoms with E-state index in [0.29, 0.717) is 17.2 Å². The zero-order valence-electron chi connectivity index (χ0n) is 16.5. The summed E-state index contributed by atoms with van der Waals surface area (Å²) in [6.07, 6.45) is 2.03. The molecule has 27 heavy (non-hydrogen) atoms. The Morgan fingerprint density at radius 2 is 2.00 bits per heavy atom. The highest BCUT2D eigenvalue weighted by Crippen LogP contribution is 2.31. The number of anilines is 2. The monoisotopic (exact) mass is 392 g/mol. The number of nitrogens with two attached hydrogens (primary N) is 1. The average molecular weight is 393 g/mol. The first-order chi connectivity index (χ1) is 12.6. The Balaban J connectivity index is 2.14. The topological polar surface area (TPSA) is 106 Å². The molecule has 0 aliphatic rings. The van der Waals surface area contributed by atoms with Gasteiger partial charge in [0.1, 0.15) is 5.60 Å². The molecular formula is C19H28N4O3S. The smallest absolute Gasteiger partial charge is 0.413 e. The summed E-state index contributed by atoms with van der Waals surface area (Å²) in [5, 5.41) is 5.97. The summed E-state index contributed by atoms with van der Waals surface area (Å²) >= 11 is 1.32. The lowest BCUT2D eigenvalue weighted by Crippen LogP contribution is -2.35. The number of aryl methyl sites for hydroxylation is 1. The summed E-state index contributed by atoms with van der Waals surface area (Å²) in [6, 6.07) is 3.17. The molecule has 148 valence electrons. The van der Waals surface area contributed by atoms with E-state index >= 15 is 0 Å². The molecule has 1 aromatic heterocycles. The molecule has 8 heteroatoms. The van der Waals surface area contributed by atoms with Gasteiger partial charge in [0.25, 0.3) is 0 Å². The van der Waals surface area contributed by atoms with Gasteiger partial charge < -0.3 is 15.8 Å². The van der Waals surface area contributed by atoms with Crippen molar-refractivity contribution in [1.82, 2.24) is 4.98 Å². The lowest BCUT2D eigenvalue weighted by atomic mass is 10.1. The van der Waals surface area contributed by atoms with Gasteiger partial charge >= 0.3 is 6.09 Å². The Morgan fingerprint density at radius 1 is 1.30 bits per heavy atom. The molecule has 0 saturated heterocycles. The van der Waals surface area contributed by atoms with Crippen molar-refractivity contribution in [2.75, 3.05) is 10.6 Å². The van der Waals surface area contributed by atoms with Crippen LogP contribution in [0.2, 0.25) is 0 Å². The van der Waals surface area contributed by atoms with Crippen LogP contribution < -0.4 is 16.4 Å². The lowest BCUT2D eigenvalue weighted by Gasteiger charge is -2.18. The number of fused-ring (bicyclic) bond motifs is 1. The quantitative estimate of drug-likeness (QED) is 0.675. The number of hydrogen-bond donors (Lipinski definition) is 3. The fraction of sp³-hybridized carbons (Fsp3) is 0.526. The summed E-state index contributed by atoms with van der Waals surface area (Å²) in [5.74, 6) is -0.196. The van der Waals surface area contributed by atoms with Crippen LogP contribution >= 0.6 is 11.3 Å². The number of amides is 2. The average Bonchev–Trinajstić information content (AvgIpc) is 2.93. The number of hydrogen-bond acceptors (Lipinski definition) is 6. The van der Waals surface area contributed by atoms with Gasteiger partial charge in [0.15, 0.2) is 5.13 Å². The van der Waals surface area contributed by atoms with Crippen molar-refractivity contribution in [2.45, 2.75) is 65.5 Å². The Kier molecular flexibility index (Phi) is 6.78. The highest BCUT2D eigenvalue weighted by molar-refractivity contribution is 7.22. The zero-order valence-corrected chi connectivity index (χ0v) is 17.3. The van der Waals surface area contributed by atoms with Crippen LogP contribution in [-0.4, -0.2) is 28.6 Å². The van der Waals surface area contributed by atoms with Gasteiger partial charge in [-0.2, -0.15) is 0 Å². The maximum Gasteiger partial charge on any atom is 0.413 e. The van der Waals surface area contributed by atoms with Gasteiger partial charge in [-0.25, -0.2) is 9.78 Å². The summed E-state index contributed by atoms with van der Waals surface area (Å²) in [6.45, 7) is 9.38. The second-order valence-corrected chi connectivity index (χ2v) is 8.55. The van der Waals surface area contributed by atoms with Crippen LogP contribution in [-0.2, 0) is 9.53 Å². The minimum absolute atomic E-state index is 0.196. The van der Waals surface area contributed by atoms with E-state index in [9.17, 15) is 9.59 Å². The largest absolute Gasteiger partial charge is 0.444 e. The van der Waals surface area contributed by atoms with Crippen LogP contribution in [0.15, 0.2) is 12.1 Å². The van der Waals surface area contributed by atoms with Gasteiger partial charge in [-0.3, -0.25) is 10.1 Å². The number of carbonyl (C=O) groups excluding carboxylic acids is 2. The van der Waals surface area contributed by atoms with Crippen LogP contribution in [0.25, 0.3) is 10.2 Å². The molecule has 2 aromatic rings. The number of nitrogens with one attached hydrogen (secondary N) is 2. The molecule has 0 bridgehead atoms. The van der Waals surface area contributed by atoms with Crippen molar-refractivity contribution < 1.29 is 14.3 Å². The summed E-state index contributed by atoms with van der Waals surface area (Å²) in [7, 11) is 0. The molecule has 2 amide bonds. The Hall–Kier alpha value is -2.19. The van der Waals surface area contributed by atoms with Crippen molar-refractivity contribution >= 4 is 44.4 Å². The van der Waals surface area contributed by atoms with Gasteiger partial charge in [-0.1, -0.05) is 31.1 Å². The van der Waals surface area contributed by atoms with Crippen LogP contribution in [0.3, 0.4) is 0 Å². The normalized spacial score (nSPS) is 12.7. The van der Waals surface area contributed by atoms with Gasteiger partial charge in [0.2, 0.25) is 5.91 Å². The van der Waals surface area contributed by atoms with Crippen LogP contribution in [0, 0.1) is 6.92 Å². The van der Waals surface area contributed by atoms with E-state index in [1.54, 1.807) is 20.8 Å². The zero-order chi connectivity index (χ0) is 20.2. The molecule has 0 spiro atoms. The number of carbonyl (C=O) groups is 2. The Labute approximate surface area is 163 Å². The van der Waals surface area contributed by atoms with Crippen LogP contribution in [0.1, 0.15) is 52.5 Å². The van der Waals surface area contributed by atoms with E-state index in [2.05, 4.69) is 22.5 Å². The molecular weight excluding hydrogens is 364 g/mol. The number of nitrogens with zero attached hydrogens (tertiary/aromatic N) is 1. The van der Waals surface area contributed by atoms with Crippen molar-refractivity contribution in [3.05, 3.63) is 17.7 Å². The second kappa shape index (κ2) is 8.67. The molecule has 4 N–H and O–H groups in total. The van der Waals surface area contributed by atoms with Crippen molar-refractivity contribution in [1.29, 1.82) is 0 Å². The number of ether oxygens (including phenoxy) is 1. The van der Waals surface area contributed by atoms with E-state index in [-0.39, 0.29) is 5.91 Å². The van der Waals surface area contributed by atoms with Crippen molar-refractivity contribution in [2.24, 2.45) is 5.73 Å². The van der Waals surface area contributed by atoms with Crippen LogP contribution in [0.4, 0.5) is 15.6 Å². The standard InChI is InChI=1S/C19H28N4O3S/c1-6-7-8-13(20)16(24)21-12-9-11(2)15-14(10-12)27-17(22-15)23-18(25)26-19(3,4)5/h9-10,13H,6-8,20H2,1-5H3,(H,21,24)(H,22,23,25). The molecule has 0 aliphatic carbocycles. The van der Waals surface area contributed by atoms with E-state index < -0.39 is 17.7 Å². The van der Waals surface area contributed by atoms with Gasteiger partial charge in [0.05, 0.1) is 16.3 Å². The van der Waals surface area contributed by atoms with Gasteiger partial charge in [0, 0.05) is 5.69 Å². The minimum atomic E-state index is -0.579. The first-order valence-electron chi connectivity index (χ1n) is 9.06. The van der Waals surface area contributed by atoms with Gasteiger partial charge in [-0.05, 0) is 51.8 Å². The first kappa shape index (κ1) is 21.1. The highest BCUT2D eigenvalue weighted by Gasteiger charge is 2.18. The SMILES string of the molecule is CCCCC(N)C(=O)Nc1cc(C)c2nc(NC(=O)OC(C)(C)C)sc2c1. The molecule has 1 unspecified atom stereocenters. The molecule has 2 rings (SSSR count). The molecule has 0 aliphatic heterocycles. The number of aromatic nitrogens is 1. The number of benzene rings is 1. The third kappa shape index (κ3) is 6.18. The third-order valence-electron chi connectivity index (χ3n) is 3.77. The molecule has 0 radical (unpaired) electrons. The number of rotatable bonds is 6. The summed E-state index contributed by atoms with van der Waals surface area (Å²) < 4.78 is 6.11.